The third kappa shape index (κ3) is 4.09. The van der Waals surface area contributed by atoms with Crippen molar-refractivity contribution in [3.63, 3.8) is 0 Å². The van der Waals surface area contributed by atoms with E-state index in [1.54, 1.807) is 30.3 Å². The van der Waals surface area contributed by atoms with E-state index < -0.39 is 25.7 Å². The molecule has 0 amide bonds. The molecule has 0 spiro atoms. The molecule has 0 aromatic heterocycles. The number of para-hydroxylation sites is 1. The second-order valence-electron chi connectivity index (χ2n) is 4.61. The minimum Gasteiger partial charge on any atom is -0.258 e. The third-order valence-electron chi connectivity index (χ3n) is 3.13. The molecular weight excluding hydrogens is 336 g/mol. The van der Waals surface area contributed by atoms with E-state index in [9.17, 15) is 18.5 Å². The summed E-state index contributed by atoms with van der Waals surface area (Å²) in [7, 11) is -3.92. The minimum absolute atomic E-state index is 0.329. The lowest BCUT2D eigenvalue weighted by Crippen LogP contribution is -2.14. The molecule has 2 rings (SSSR count). The average Bonchev–Trinajstić information content (AvgIpc) is 2.55. The molecule has 23 heavy (non-hydrogen) atoms. The van der Waals surface area contributed by atoms with Crippen LogP contribution in [0.1, 0.15) is 10.8 Å². The maximum atomic E-state index is 12.6. The van der Waals surface area contributed by atoms with Crippen molar-refractivity contribution in [1.29, 1.82) is 5.26 Å². The fourth-order valence-corrected chi connectivity index (χ4v) is 4.84. The Bertz CT molecular complexity index is 845. The number of rotatable bonds is 6. The summed E-state index contributed by atoms with van der Waals surface area (Å²) in [5.74, 6) is -0.389. The van der Waals surface area contributed by atoms with Crippen molar-refractivity contribution in [2.24, 2.45) is 0 Å². The molecule has 0 saturated heterocycles. The molecule has 0 unspecified atom stereocenters. The summed E-state index contributed by atoms with van der Waals surface area (Å²) < 4.78 is 25.2. The number of nitriles is 1. The van der Waals surface area contributed by atoms with Crippen molar-refractivity contribution in [3.05, 3.63) is 70.3 Å². The van der Waals surface area contributed by atoms with Gasteiger partial charge in [-0.25, -0.2) is 8.42 Å². The van der Waals surface area contributed by atoms with E-state index in [0.717, 1.165) is 17.8 Å². The number of benzene rings is 2. The Hall–Kier alpha value is -2.37. The maximum absolute atomic E-state index is 12.6. The van der Waals surface area contributed by atoms with Crippen LogP contribution in [-0.2, 0) is 9.84 Å². The van der Waals surface area contributed by atoms with Gasteiger partial charge in [-0.2, -0.15) is 5.26 Å². The molecule has 2 aromatic carbocycles. The molecule has 2 aromatic rings. The molecule has 1 atom stereocenters. The van der Waals surface area contributed by atoms with E-state index in [4.69, 9.17) is 5.26 Å². The Kier molecular flexibility index (Phi) is 5.36. The number of nitro benzene ring substituents is 1. The first-order valence-electron chi connectivity index (χ1n) is 6.51. The van der Waals surface area contributed by atoms with Crippen LogP contribution in [0.15, 0.2) is 59.5 Å². The van der Waals surface area contributed by atoms with E-state index in [1.807, 2.05) is 5.40 Å². The van der Waals surface area contributed by atoms with Gasteiger partial charge in [0.25, 0.3) is 5.69 Å². The standard InChI is InChI=1S/C15H12N2O4S2/c16-11-22-14(12-6-2-1-3-7-12)10-23(20,21)15-9-5-4-8-13(15)17(18)19/h1-9,14H,10H2/t14-/m0/s1. The van der Waals surface area contributed by atoms with Crippen molar-refractivity contribution < 1.29 is 13.3 Å². The summed E-state index contributed by atoms with van der Waals surface area (Å²) in [5.41, 5.74) is 0.225. The smallest absolute Gasteiger partial charge is 0.258 e. The summed E-state index contributed by atoms with van der Waals surface area (Å²) in [5, 5.41) is 21.2. The number of nitrogens with zero attached hydrogens (tertiary/aromatic N) is 2. The van der Waals surface area contributed by atoms with Crippen molar-refractivity contribution in [2.45, 2.75) is 10.1 Å². The van der Waals surface area contributed by atoms with Crippen LogP contribution in [0.5, 0.6) is 0 Å². The highest BCUT2D eigenvalue weighted by Gasteiger charge is 2.29. The van der Waals surface area contributed by atoms with Gasteiger partial charge in [0.15, 0.2) is 9.84 Å². The van der Waals surface area contributed by atoms with Crippen molar-refractivity contribution >= 4 is 27.3 Å². The number of thiocyanates is 1. The zero-order chi connectivity index (χ0) is 16.9. The first-order chi connectivity index (χ1) is 11.0. The van der Waals surface area contributed by atoms with E-state index >= 15 is 0 Å². The van der Waals surface area contributed by atoms with Crippen molar-refractivity contribution in [2.75, 3.05) is 5.75 Å². The number of sulfone groups is 1. The lowest BCUT2D eigenvalue weighted by atomic mass is 10.2. The summed E-state index contributed by atoms with van der Waals surface area (Å²) in [4.78, 5) is 9.98. The van der Waals surface area contributed by atoms with Gasteiger partial charge in [0, 0.05) is 6.07 Å². The highest BCUT2D eigenvalue weighted by atomic mass is 32.2. The van der Waals surface area contributed by atoms with Crippen LogP contribution >= 0.6 is 11.8 Å². The van der Waals surface area contributed by atoms with E-state index in [2.05, 4.69) is 0 Å². The number of hydrogen-bond donors (Lipinski definition) is 0. The van der Waals surface area contributed by atoms with Crippen molar-refractivity contribution in [1.82, 2.24) is 0 Å². The van der Waals surface area contributed by atoms with Crippen LogP contribution in [0.2, 0.25) is 0 Å². The van der Waals surface area contributed by atoms with Crippen LogP contribution in [0.25, 0.3) is 0 Å². The van der Waals surface area contributed by atoms with E-state index in [1.165, 1.54) is 18.2 Å². The average molecular weight is 348 g/mol. The monoisotopic (exact) mass is 348 g/mol. The molecular formula is C15H12N2O4S2. The fourth-order valence-electron chi connectivity index (χ4n) is 2.09. The Labute approximate surface area is 137 Å². The van der Waals surface area contributed by atoms with E-state index in [0.29, 0.717) is 5.56 Å². The lowest BCUT2D eigenvalue weighted by Gasteiger charge is -2.13. The van der Waals surface area contributed by atoms with Gasteiger partial charge in [0.2, 0.25) is 0 Å². The molecule has 0 N–H and O–H groups in total. The summed E-state index contributed by atoms with van der Waals surface area (Å²) >= 11 is 0.822. The Balaban J connectivity index is 2.40. The Morgan fingerprint density at radius 1 is 1.13 bits per heavy atom. The largest absolute Gasteiger partial charge is 0.287 e. The number of hydrogen-bond acceptors (Lipinski definition) is 6. The quantitative estimate of drug-likeness (QED) is 0.451. The molecule has 0 radical (unpaired) electrons. The molecule has 0 bridgehead atoms. The predicted molar refractivity (Wildman–Crippen MR) is 87.5 cm³/mol. The zero-order valence-electron chi connectivity index (χ0n) is 11.8. The Morgan fingerprint density at radius 3 is 2.35 bits per heavy atom. The maximum Gasteiger partial charge on any atom is 0.287 e. The van der Waals surface area contributed by atoms with Gasteiger partial charge in [0.05, 0.1) is 15.9 Å². The molecule has 118 valence electrons. The minimum atomic E-state index is -3.92. The molecule has 0 aliphatic heterocycles. The van der Waals surface area contributed by atoms with Crippen LogP contribution < -0.4 is 0 Å². The lowest BCUT2D eigenvalue weighted by molar-refractivity contribution is -0.387. The number of nitro groups is 1. The first kappa shape index (κ1) is 17.0. The molecule has 0 aliphatic rings. The van der Waals surface area contributed by atoms with Crippen LogP contribution in [-0.4, -0.2) is 19.1 Å². The van der Waals surface area contributed by atoms with Gasteiger partial charge >= 0.3 is 0 Å². The first-order valence-corrected chi connectivity index (χ1v) is 9.05. The summed E-state index contributed by atoms with van der Waals surface area (Å²) in [6, 6.07) is 14.0. The second kappa shape index (κ2) is 7.26. The van der Waals surface area contributed by atoms with Gasteiger partial charge in [-0.05, 0) is 23.4 Å². The molecule has 0 fully saturated rings. The normalized spacial score (nSPS) is 12.3. The summed E-state index contributed by atoms with van der Waals surface area (Å²) in [6.45, 7) is 0. The highest BCUT2D eigenvalue weighted by Crippen LogP contribution is 2.33. The second-order valence-corrected chi connectivity index (χ2v) is 7.60. The van der Waals surface area contributed by atoms with E-state index in [-0.39, 0.29) is 10.6 Å². The Morgan fingerprint density at radius 2 is 1.74 bits per heavy atom. The molecule has 0 aliphatic carbocycles. The molecule has 0 saturated carbocycles. The SMILES string of the molecule is N#CS[C@@H](CS(=O)(=O)c1ccccc1[N+](=O)[O-])c1ccccc1. The fraction of sp³-hybridized carbons (Fsp3) is 0.133. The molecule has 0 heterocycles. The topological polar surface area (TPSA) is 101 Å². The van der Waals surface area contributed by atoms with Gasteiger partial charge in [-0.15, -0.1) is 0 Å². The van der Waals surface area contributed by atoms with Gasteiger partial charge in [-0.3, -0.25) is 10.1 Å². The van der Waals surface area contributed by atoms with Gasteiger partial charge in [-0.1, -0.05) is 42.5 Å². The molecule has 8 heteroatoms. The van der Waals surface area contributed by atoms with Gasteiger partial charge < -0.3 is 0 Å². The van der Waals surface area contributed by atoms with Gasteiger partial charge in [0.1, 0.15) is 10.3 Å². The third-order valence-corrected chi connectivity index (χ3v) is 5.96. The highest BCUT2D eigenvalue weighted by molar-refractivity contribution is 8.04. The zero-order valence-corrected chi connectivity index (χ0v) is 13.5. The number of thioether (sulfide) groups is 1. The van der Waals surface area contributed by atoms with Crippen LogP contribution in [0.4, 0.5) is 5.69 Å². The van der Waals surface area contributed by atoms with Crippen molar-refractivity contribution in [3.8, 4) is 5.40 Å². The summed E-state index contributed by atoms with van der Waals surface area (Å²) in [6.07, 6.45) is 0. The predicted octanol–water partition coefficient (Wildman–Crippen LogP) is 3.32. The van der Waals surface area contributed by atoms with Crippen LogP contribution in [0, 0.1) is 20.8 Å². The molecule has 6 nitrogen and oxygen atoms in total. The van der Waals surface area contributed by atoms with Crippen LogP contribution in [0.3, 0.4) is 0 Å².